The third-order valence-corrected chi connectivity index (χ3v) is 4.93. The lowest BCUT2D eigenvalue weighted by atomic mass is 10.1. The van der Waals surface area contributed by atoms with Crippen molar-refractivity contribution in [2.75, 3.05) is 0 Å². The molecule has 0 spiro atoms. The average Bonchev–Trinajstić information content (AvgIpc) is 3.40. The van der Waals surface area contributed by atoms with Crippen molar-refractivity contribution in [3.8, 4) is 16.9 Å². The van der Waals surface area contributed by atoms with Crippen LogP contribution in [0.2, 0.25) is 0 Å². The van der Waals surface area contributed by atoms with Gasteiger partial charge >= 0.3 is 0 Å². The number of rotatable bonds is 4. The van der Waals surface area contributed by atoms with Gasteiger partial charge in [0.15, 0.2) is 11.4 Å². The summed E-state index contributed by atoms with van der Waals surface area (Å²) in [5.74, 6) is 0.824. The smallest absolute Gasteiger partial charge is 0.198 e. The summed E-state index contributed by atoms with van der Waals surface area (Å²) in [6.45, 7) is 1.96. The molecule has 6 heteroatoms. The standard InChI is InChI=1S/C23H17N5O/c1-16-24-12-13-27(16)19-9-5-8-18(14-19)21-10-11-25-23-20(15-26-28(21)23)22(29)17-6-3-2-4-7-17/h2-15H,1H3. The van der Waals surface area contributed by atoms with Crippen LogP contribution in [0.1, 0.15) is 21.7 Å². The highest BCUT2D eigenvalue weighted by atomic mass is 16.1. The molecule has 0 unspecified atom stereocenters. The van der Waals surface area contributed by atoms with Crippen molar-refractivity contribution < 1.29 is 4.79 Å². The van der Waals surface area contributed by atoms with Crippen molar-refractivity contribution in [2.24, 2.45) is 0 Å². The van der Waals surface area contributed by atoms with Crippen LogP contribution >= 0.6 is 0 Å². The Balaban J connectivity index is 1.62. The molecule has 0 aliphatic heterocycles. The Bertz CT molecular complexity index is 1330. The number of carbonyl (C=O) groups excluding carboxylic acids is 1. The molecule has 5 aromatic rings. The van der Waals surface area contributed by atoms with Crippen LogP contribution in [0, 0.1) is 6.92 Å². The van der Waals surface area contributed by atoms with Gasteiger partial charge in [0.25, 0.3) is 0 Å². The zero-order chi connectivity index (χ0) is 19.8. The summed E-state index contributed by atoms with van der Waals surface area (Å²) in [7, 11) is 0. The number of hydrogen-bond acceptors (Lipinski definition) is 4. The third-order valence-electron chi connectivity index (χ3n) is 4.93. The Labute approximate surface area is 167 Å². The molecular weight excluding hydrogens is 362 g/mol. The number of nitrogens with zero attached hydrogens (tertiary/aromatic N) is 5. The van der Waals surface area contributed by atoms with E-state index in [2.05, 4.69) is 21.1 Å². The molecule has 140 valence electrons. The van der Waals surface area contributed by atoms with E-state index in [1.54, 1.807) is 35.2 Å². The van der Waals surface area contributed by atoms with Crippen molar-refractivity contribution in [1.82, 2.24) is 24.1 Å². The topological polar surface area (TPSA) is 65.1 Å². The summed E-state index contributed by atoms with van der Waals surface area (Å²) in [6, 6.07) is 19.2. The lowest BCUT2D eigenvalue weighted by Crippen LogP contribution is -2.03. The van der Waals surface area contributed by atoms with Gasteiger partial charge in [-0.2, -0.15) is 5.10 Å². The molecule has 0 bridgehead atoms. The molecule has 3 heterocycles. The first-order valence-electron chi connectivity index (χ1n) is 9.25. The molecule has 29 heavy (non-hydrogen) atoms. The van der Waals surface area contributed by atoms with Crippen LogP contribution in [-0.2, 0) is 0 Å². The maximum atomic E-state index is 12.9. The number of aromatic nitrogens is 5. The molecule has 6 nitrogen and oxygen atoms in total. The van der Waals surface area contributed by atoms with E-state index in [1.807, 2.05) is 60.2 Å². The quantitative estimate of drug-likeness (QED) is 0.441. The van der Waals surface area contributed by atoms with Gasteiger partial charge in [0.05, 0.1) is 17.5 Å². The first-order chi connectivity index (χ1) is 14.2. The Hall–Kier alpha value is -4.06. The molecule has 0 atom stereocenters. The number of hydrogen-bond donors (Lipinski definition) is 0. The van der Waals surface area contributed by atoms with Crippen LogP contribution in [0.5, 0.6) is 0 Å². The first kappa shape index (κ1) is 17.1. The highest BCUT2D eigenvalue weighted by Crippen LogP contribution is 2.24. The predicted octanol–water partition coefficient (Wildman–Crippen LogP) is 4.12. The Kier molecular flexibility index (Phi) is 4.02. The fraction of sp³-hybridized carbons (Fsp3) is 0.0435. The van der Waals surface area contributed by atoms with E-state index in [0.29, 0.717) is 16.8 Å². The summed E-state index contributed by atoms with van der Waals surface area (Å²) >= 11 is 0. The molecule has 0 radical (unpaired) electrons. The number of carbonyl (C=O) groups is 1. The van der Waals surface area contributed by atoms with Gasteiger partial charge in [-0.25, -0.2) is 14.5 Å². The van der Waals surface area contributed by atoms with Crippen molar-refractivity contribution >= 4 is 11.4 Å². The Morgan fingerprint density at radius 2 is 1.79 bits per heavy atom. The summed E-state index contributed by atoms with van der Waals surface area (Å²) in [6.07, 6.45) is 7.01. The Morgan fingerprint density at radius 3 is 2.59 bits per heavy atom. The second kappa shape index (κ2) is 6.83. The van der Waals surface area contributed by atoms with Crippen LogP contribution in [0.25, 0.3) is 22.6 Å². The highest BCUT2D eigenvalue weighted by Gasteiger charge is 2.17. The third kappa shape index (κ3) is 2.91. The normalized spacial score (nSPS) is 11.1. The zero-order valence-electron chi connectivity index (χ0n) is 15.7. The van der Waals surface area contributed by atoms with Gasteiger partial charge in [-0.1, -0.05) is 42.5 Å². The van der Waals surface area contributed by atoms with E-state index in [4.69, 9.17) is 0 Å². The Morgan fingerprint density at radius 1 is 0.931 bits per heavy atom. The number of aryl methyl sites for hydroxylation is 1. The summed E-state index contributed by atoms with van der Waals surface area (Å²) in [5.41, 5.74) is 4.49. The van der Waals surface area contributed by atoms with Crippen LogP contribution < -0.4 is 0 Å². The molecule has 0 saturated carbocycles. The molecule has 5 rings (SSSR count). The van der Waals surface area contributed by atoms with E-state index >= 15 is 0 Å². The fourth-order valence-electron chi connectivity index (χ4n) is 3.48. The molecular formula is C23H17N5O. The number of imidazole rings is 1. The minimum atomic E-state index is -0.0898. The number of ketones is 1. The van der Waals surface area contributed by atoms with Gasteiger partial charge < -0.3 is 4.57 Å². The van der Waals surface area contributed by atoms with E-state index in [1.165, 1.54) is 0 Å². The van der Waals surface area contributed by atoms with Crippen molar-refractivity contribution in [3.63, 3.8) is 0 Å². The lowest BCUT2D eigenvalue weighted by molar-refractivity contribution is 0.104. The largest absolute Gasteiger partial charge is 0.304 e. The van der Waals surface area contributed by atoms with E-state index in [9.17, 15) is 4.79 Å². The molecule has 2 aromatic carbocycles. The molecule has 0 aliphatic rings. The van der Waals surface area contributed by atoms with Gasteiger partial charge in [0.1, 0.15) is 5.82 Å². The lowest BCUT2D eigenvalue weighted by Gasteiger charge is -2.09. The van der Waals surface area contributed by atoms with Crippen molar-refractivity contribution in [1.29, 1.82) is 0 Å². The van der Waals surface area contributed by atoms with E-state index in [0.717, 1.165) is 22.8 Å². The van der Waals surface area contributed by atoms with Crippen LogP contribution in [0.3, 0.4) is 0 Å². The highest BCUT2D eigenvalue weighted by molar-refractivity contribution is 6.12. The fourth-order valence-corrected chi connectivity index (χ4v) is 3.48. The number of benzene rings is 2. The van der Waals surface area contributed by atoms with E-state index in [-0.39, 0.29) is 5.78 Å². The summed E-state index contributed by atoms with van der Waals surface area (Å²) in [5, 5.41) is 4.47. The monoisotopic (exact) mass is 379 g/mol. The van der Waals surface area contributed by atoms with Gasteiger partial charge in [-0.15, -0.1) is 0 Å². The minimum absolute atomic E-state index is 0.0898. The second-order valence-electron chi connectivity index (χ2n) is 6.71. The van der Waals surface area contributed by atoms with Gasteiger partial charge in [0, 0.05) is 35.4 Å². The van der Waals surface area contributed by atoms with E-state index < -0.39 is 0 Å². The van der Waals surface area contributed by atoms with Crippen LogP contribution in [0.15, 0.2) is 85.5 Å². The van der Waals surface area contributed by atoms with Crippen LogP contribution in [-0.4, -0.2) is 29.9 Å². The van der Waals surface area contributed by atoms with Gasteiger partial charge in [-0.05, 0) is 25.1 Å². The zero-order valence-corrected chi connectivity index (χ0v) is 15.7. The maximum Gasteiger partial charge on any atom is 0.198 e. The average molecular weight is 379 g/mol. The molecule has 0 saturated heterocycles. The minimum Gasteiger partial charge on any atom is -0.304 e. The molecule has 0 N–H and O–H groups in total. The molecule has 0 amide bonds. The maximum absolute atomic E-state index is 12.9. The molecule has 0 aliphatic carbocycles. The molecule has 3 aromatic heterocycles. The summed E-state index contributed by atoms with van der Waals surface area (Å²) < 4.78 is 3.74. The van der Waals surface area contributed by atoms with Crippen LogP contribution in [0.4, 0.5) is 0 Å². The summed E-state index contributed by atoms with van der Waals surface area (Å²) in [4.78, 5) is 21.6. The van der Waals surface area contributed by atoms with Gasteiger partial charge in [0.2, 0.25) is 0 Å². The first-order valence-corrected chi connectivity index (χ1v) is 9.25. The number of fused-ring (bicyclic) bond motifs is 1. The van der Waals surface area contributed by atoms with Gasteiger partial charge in [-0.3, -0.25) is 4.79 Å². The van der Waals surface area contributed by atoms with Crippen molar-refractivity contribution in [3.05, 3.63) is 102 Å². The second-order valence-corrected chi connectivity index (χ2v) is 6.71. The predicted molar refractivity (Wildman–Crippen MR) is 110 cm³/mol. The SMILES string of the molecule is Cc1nccn1-c1cccc(-c2ccnc3c(C(=O)c4ccccc4)cnn23)c1. The van der Waals surface area contributed by atoms with Crippen molar-refractivity contribution in [2.45, 2.75) is 6.92 Å². The molecule has 0 fully saturated rings.